The fourth-order valence-electron chi connectivity index (χ4n) is 3.57. The van der Waals surface area contributed by atoms with E-state index >= 15 is 0 Å². The number of thioether (sulfide) groups is 1. The lowest BCUT2D eigenvalue weighted by Crippen LogP contribution is -2.36. The van der Waals surface area contributed by atoms with Gasteiger partial charge < -0.3 is 15.9 Å². The van der Waals surface area contributed by atoms with Crippen molar-refractivity contribution in [3.05, 3.63) is 71.3 Å². The van der Waals surface area contributed by atoms with Crippen LogP contribution in [0.5, 0.6) is 5.75 Å². The number of aryl methyl sites for hydroxylation is 1. The van der Waals surface area contributed by atoms with Gasteiger partial charge in [-0.25, -0.2) is 9.07 Å². The maximum Gasteiger partial charge on any atom is 0.233 e. The molecule has 2 aromatic carbocycles. The average Bonchev–Trinajstić information content (AvgIpc) is 3.12. The molecule has 0 radical (unpaired) electrons. The molecule has 31 heavy (non-hydrogen) atoms. The molecule has 0 aliphatic heterocycles. The summed E-state index contributed by atoms with van der Waals surface area (Å²) in [7, 11) is 0. The largest absolute Gasteiger partial charge is 0.486 e. The summed E-state index contributed by atoms with van der Waals surface area (Å²) in [6.07, 6.45) is 3.03. The van der Waals surface area contributed by atoms with Gasteiger partial charge in [-0.3, -0.25) is 4.79 Å². The molecule has 7 nitrogen and oxygen atoms in total. The van der Waals surface area contributed by atoms with Crippen LogP contribution in [0.25, 0.3) is 0 Å². The Labute approximate surface area is 184 Å². The number of hydrogen-bond donors (Lipinski definition) is 2. The molecular weight excluding hydrogens is 417 g/mol. The third-order valence-corrected chi connectivity index (χ3v) is 6.31. The molecular formula is C22H24FN5O2S. The smallest absolute Gasteiger partial charge is 0.233 e. The highest BCUT2D eigenvalue weighted by Crippen LogP contribution is 2.30. The van der Waals surface area contributed by atoms with E-state index < -0.39 is 5.25 Å². The second-order valence-electron chi connectivity index (χ2n) is 7.42. The van der Waals surface area contributed by atoms with Crippen LogP contribution in [-0.2, 0) is 17.8 Å². The fourth-order valence-corrected chi connectivity index (χ4v) is 4.37. The summed E-state index contributed by atoms with van der Waals surface area (Å²) >= 11 is 1.24. The zero-order chi connectivity index (χ0) is 21.8. The zero-order valence-corrected chi connectivity index (χ0v) is 17.9. The Hall–Kier alpha value is -3.07. The molecule has 0 saturated carbocycles. The van der Waals surface area contributed by atoms with E-state index in [0.29, 0.717) is 16.7 Å². The molecule has 1 amide bonds. The van der Waals surface area contributed by atoms with Gasteiger partial charge in [0.2, 0.25) is 11.1 Å². The molecule has 162 valence electrons. The Bertz CT molecular complexity index is 1060. The van der Waals surface area contributed by atoms with Crippen LogP contribution in [0.4, 0.5) is 4.39 Å². The SMILES string of the molecule is CC(Sc1nnc(COc2ccc(F)cc2)n1N)C(=O)NC1CCCc2ccccc21. The Kier molecular flexibility index (Phi) is 6.41. The van der Waals surface area contributed by atoms with Gasteiger partial charge in [0.15, 0.2) is 5.82 Å². The quantitative estimate of drug-likeness (QED) is 0.431. The van der Waals surface area contributed by atoms with E-state index in [0.717, 1.165) is 19.3 Å². The Morgan fingerprint density at radius 1 is 1.29 bits per heavy atom. The first-order valence-corrected chi connectivity index (χ1v) is 11.0. The molecule has 1 heterocycles. The van der Waals surface area contributed by atoms with E-state index in [1.165, 1.54) is 51.8 Å². The van der Waals surface area contributed by atoms with Crippen molar-refractivity contribution >= 4 is 17.7 Å². The molecule has 1 aliphatic carbocycles. The van der Waals surface area contributed by atoms with Crippen molar-refractivity contribution in [3.63, 3.8) is 0 Å². The standard InChI is InChI=1S/C22H24FN5O2S/c1-14(21(29)25-19-8-4-6-15-5-2-3-7-18(15)19)31-22-27-26-20(28(22)24)13-30-17-11-9-16(23)10-12-17/h2-3,5,7,9-12,14,19H,4,6,8,13,24H2,1H3,(H,25,29). The lowest BCUT2D eigenvalue weighted by Gasteiger charge is -2.27. The van der Waals surface area contributed by atoms with Gasteiger partial charge in [0.05, 0.1) is 11.3 Å². The highest BCUT2D eigenvalue weighted by molar-refractivity contribution is 8.00. The third kappa shape index (κ3) is 4.99. The van der Waals surface area contributed by atoms with Crippen LogP contribution in [0.3, 0.4) is 0 Å². The number of benzene rings is 2. The number of rotatable bonds is 7. The van der Waals surface area contributed by atoms with Crippen molar-refractivity contribution < 1.29 is 13.9 Å². The zero-order valence-electron chi connectivity index (χ0n) is 17.1. The fraction of sp³-hybridized carbons (Fsp3) is 0.318. The van der Waals surface area contributed by atoms with E-state index in [4.69, 9.17) is 10.6 Å². The van der Waals surface area contributed by atoms with E-state index in [1.807, 2.05) is 19.1 Å². The van der Waals surface area contributed by atoms with Gasteiger partial charge in [0.1, 0.15) is 18.2 Å². The lowest BCUT2D eigenvalue weighted by molar-refractivity contribution is -0.121. The molecule has 2 unspecified atom stereocenters. The van der Waals surface area contributed by atoms with Crippen LogP contribution in [0, 0.1) is 5.82 Å². The molecule has 9 heteroatoms. The summed E-state index contributed by atoms with van der Waals surface area (Å²) in [6.45, 7) is 1.90. The van der Waals surface area contributed by atoms with Gasteiger partial charge in [-0.15, -0.1) is 10.2 Å². The normalized spacial score (nSPS) is 16.4. The summed E-state index contributed by atoms with van der Waals surface area (Å²) < 4.78 is 19.9. The number of amides is 1. The molecule has 3 aromatic rings. The maximum atomic E-state index is 13.0. The number of nitrogens with zero attached hydrogens (tertiary/aromatic N) is 3. The number of fused-ring (bicyclic) bond motifs is 1. The van der Waals surface area contributed by atoms with Gasteiger partial charge in [-0.1, -0.05) is 36.0 Å². The number of carbonyl (C=O) groups is 1. The first-order chi connectivity index (χ1) is 15.0. The van der Waals surface area contributed by atoms with Crippen molar-refractivity contribution in [1.29, 1.82) is 0 Å². The first kappa shape index (κ1) is 21.2. The maximum absolute atomic E-state index is 13.0. The number of hydrogen-bond acceptors (Lipinski definition) is 6. The minimum absolute atomic E-state index is 0.0240. The van der Waals surface area contributed by atoms with Gasteiger partial charge >= 0.3 is 0 Å². The van der Waals surface area contributed by atoms with Crippen LogP contribution in [0.15, 0.2) is 53.7 Å². The Morgan fingerprint density at radius 3 is 2.87 bits per heavy atom. The number of halogens is 1. The third-order valence-electron chi connectivity index (χ3n) is 5.25. The van der Waals surface area contributed by atoms with Gasteiger partial charge in [0.25, 0.3) is 0 Å². The minimum atomic E-state index is -0.397. The summed E-state index contributed by atoms with van der Waals surface area (Å²) in [5, 5.41) is 11.3. The monoisotopic (exact) mass is 441 g/mol. The van der Waals surface area contributed by atoms with Gasteiger partial charge in [-0.2, -0.15) is 0 Å². The van der Waals surface area contributed by atoms with Crippen molar-refractivity contribution in [1.82, 2.24) is 20.2 Å². The number of nitrogens with one attached hydrogen (secondary N) is 1. The summed E-state index contributed by atoms with van der Waals surface area (Å²) in [5.41, 5.74) is 2.49. The van der Waals surface area contributed by atoms with Crippen LogP contribution >= 0.6 is 11.8 Å². The van der Waals surface area contributed by atoms with E-state index in [-0.39, 0.29) is 24.4 Å². The predicted octanol–water partition coefficient (Wildman–Crippen LogP) is 3.38. The molecule has 3 N–H and O–H groups in total. The molecule has 0 fully saturated rings. The summed E-state index contributed by atoms with van der Waals surface area (Å²) in [6, 6.07) is 14.0. The van der Waals surface area contributed by atoms with Gasteiger partial charge in [-0.05, 0) is 61.6 Å². The Balaban J connectivity index is 1.35. The highest BCUT2D eigenvalue weighted by Gasteiger charge is 2.25. The molecule has 0 spiro atoms. The van der Waals surface area contributed by atoms with Crippen LogP contribution in [0.1, 0.15) is 42.8 Å². The second-order valence-corrected chi connectivity index (χ2v) is 8.73. The van der Waals surface area contributed by atoms with E-state index in [2.05, 4.69) is 27.6 Å². The molecule has 1 aliphatic rings. The number of nitrogen functional groups attached to an aromatic ring is 1. The molecule has 0 bridgehead atoms. The highest BCUT2D eigenvalue weighted by atomic mass is 32.2. The van der Waals surface area contributed by atoms with Crippen molar-refractivity contribution in [3.8, 4) is 5.75 Å². The van der Waals surface area contributed by atoms with E-state index in [9.17, 15) is 9.18 Å². The summed E-state index contributed by atoms with van der Waals surface area (Å²) in [4.78, 5) is 12.8. The number of aromatic nitrogens is 3. The van der Waals surface area contributed by atoms with Crippen LogP contribution < -0.4 is 15.9 Å². The predicted molar refractivity (Wildman–Crippen MR) is 116 cm³/mol. The number of ether oxygens (including phenoxy) is 1. The molecule has 4 rings (SSSR count). The van der Waals surface area contributed by atoms with Crippen molar-refractivity contribution in [2.75, 3.05) is 5.84 Å². The number of nitrogens with two attached hydrogens (primary N) is 1. The molecule has 1 aromatic heterocycles. The summed E-state index contributed by atoms with van der Waals surface area (Å²) in [5.74, 6) is 6.58. The van der Waals surface area contributed by atoms with Crippen molar-refractivity contribution in [2.45, 2.75) is 49.2 Å². The van der Waals surface area contributed by atoms with Gasteiger partial charge in [0, 0.05) is 0 Å². The first-order valence-electron chi connectivity index (χ1n) is 10.1. The second kappa shape index (κ2) is 9.38. The van der Waals surface area contributed by atoms with E-state index in [1.54, 1.807) is 0 Å². The average molecular weight is 442 g/mol. The van der Waals surface area contributed by atoms with Crippen molar-refractivity contribution in [2.24, 2.45) is 0 Å². The topological polar surface area (TPSA) is 95.1 Å². The molecule has 2 atom stereocenters. The minimum Gasteiger partial charge on any atom is -0.486 e. The Morgan fingerprint density at radius 2 is 2.06 bits per heavy atom. The lowest BCUT2D eigenvalue weighted by atomic mass is 9.88. The number of carbonyl (C=O) groups excluding carboxylic acids is 1. The van der Waals surface area contributed by atoms with Crippen LogP contribution in [-0.4, -0.2) is 26.0 Å². The molecule has 0 saturated heterocycles. The van der Waals surface area contributed by atoms with Crippen LogP contribution in [0.2, 0.25) is 0 Å².